The highest BCUT2D eigenvalue weighted by atomic mass is 32.2. The van der Waals surface area contributed by atoms with E-state index in [1.807, 2.05) is 0 Å². The molecule has 8 nitrogen and oxygen atoms in total. The Morgan fingerprint density at radius 2 is 2.33 bits per heavy atom. The van der Waals surface area contributed by atoms with E-state index in [2.05, 4.69) is 15.5 Å². The normalized spacial score (nSPS) is 12.1. The van der Waals surface area contributed by atoms with Crippen LogP contribution in [0.25, 0.3) is 0 Å². The van der Waals surface area contributed by atoms with Gasteiger partial charge in [0.05, 0.1) is 0 Å². The molecule has 0 radical (unpaired) electrons. The molecule has 0 aliphatic heterocycles. The number of nitrogens with zero attached hydrogens (tertiary/aromatic N) is 2. The van der Waals surface area contributed by atoms with Gasteiger partial charge in [0.2, 0.25) is 0 Å². The number of oxime groups is 1. The van der Waals surface area contributed by atoms with Crippen molar-refractivity contribution in [3.63, 3.8) is 0 Å². The highest BCUT2D eigenvalue weighted by Crippen LogP contribution is 2.12. The molecule has 1 rings (SSSR count). The van der Waals surface area contributed by atoms with Crippen molar-refractivity contribution < 1.29 is 19.9 Å². The predicted molar refractivity (Wildman–Crippen MR) is 81.4 cm³/mol. The lowest BCUT2D eigenvalue weighted by atomic mass is 10.3. The van der Waals surface area contributed by atoms with E-state index in [0.717, 1.165) is 17.4 Å². The second-order valence-corrected chi connectivity index (χ2v) is 5.20. The van der Waals surface area contributed by atoms with Gasteiger partial charge in [-0.25, -0.2) is 9.78 Å². The third kappa shape index (κ3) is 6.10. The number of rotatable bonds is 7. The van der Waals surface area contributed by atoms with Gasteiger partial charge in [-0.2, -0.15) is 0 Å². The van der Waals surface area contributed by atoms with Crippen molar-refractivity contribution in [1.29, 1.82) is 0 Å². The summed E-state index contributed by atoms with van der Waals surface area (Å²) in [6.07, 6.45) is 3.85. The second-order valence-electron chi connectivity index (χ2n) is 3.37. The van der Waals surface area contributed by atoms with E-state index in [9.17, 15) is 9.59 Å². The number of anilines is 1. The number of nitrogens with two attached hydrogens (primary N) is 1. The SMILES string of the molecule is Nc1nc(C(=NO)C(=O)NC=CSCC=CC(=O)O)cs1. The zero-order valence-electron chi connectivity index (χ0n) is 10.6. The van der Waals surface area contributed by atoms with Gasteiger partial charge in [-0.15, -0.1) is 23.1 Å². The zero-order chi connectivity index (χ0) is 15.7. The number of nitrogen functional groups attached to an aromatic ring is 1. The lowest BCUT2D eigenvalue weighted by molar-refractivity contribution is -0.131. The molecule has 1 aromatic rings. The van der Waals surface area contributed by atoms with Crippen LogP contribution in [0.3, 0.4) is 0 Å². The molecule has 10 heteroatoms. The number of thiazole rings is 1. The molecule has 1 amide bonds. The average molecular weight is 328 g/mol. The Balaban J connectivity index is 2.44. The van der Waals surface area contributed by atoms with Crippen LogP contribution in [0.4, 0.5) is 5.13 Å². The molecule has 0 aliphatic carbocycles. The van der Waals surface area contributed by atoms with Gasteiger partial charge in [-0.1, -0.05) is 11.2 Å². The van der Waals surface area contributed by atoms with Crippen LogP contribution in [0.2, 0.25) is 0 Å². The highest BCUT2D eigenvalue weighted by molar-refractivity contribution is 8.02. The average Bonchev–Trinajstić information content (AvgIpc) is 2.84. The molecule has 0 fully saturated rings. The second kappa shape index (κ2) is 8.76. The molecule has 0 spiro atoms. The van der Waals surface area contributed by atoms with E-state index in [-0.39, 0.29) is 16.5 Å². The van der Waals surface area contributed by atoms with E-state index in [0.29, 0.717) is 5.75 Å². The maximum absolute atomic E-state index is 11.7. The smallest absolute Gasteiger partial charge is 0.328 e. The minimum atomic E-state index is -1.01. The summed E-state index contributed by atoms with van der Waals surface area (Å²) < 4.78 is 0. The molecule has 5 N–H and O–H groups in total. The molecule has 21 heavy (non-hydrogen) atoms. The van der Waals surface area contributed by atoms with Crippen molar-refractivity contribution in [3.05, 3.63) is 34.8 Å². The Kier molecular flexibility index (Phi) is 6.98. The molecule has 0 aromatic carbocycles. The van der Waals surface area contributed by atoms with Crippen LogP contribution in [-0.2, 0) is 9.59 Å². The van der Waals surface area contributed by atoms with E-state index in [1.54, 1.807) is 5.41 Å². The molecule has 0 unspecified atom stereocenters. The van der Waals surface area contributed by atoms with Crippen LogP contribution >= 0.6 is 23.1 Å². The summed E-state index contributed by atoms with van der Waals surface area (Å²) in [6.45, 7) is 0. The number of aliphatic carboxylic acids is 1. The number of hydrogen-bond acceptors (Lipinski definition) is 8. The maximum atomic E-state index is 11.7. The molecule has 0 saturated carbocycles. The molecule has 0 aliphatic rings. The first-order valence-electron chi connectivity index (χ1n) is 5.45. The molecule has 1 aromatic heterocycles. The first-order chi connectivity index (χ1) is 10.0. The van der Waals surface area contributed by atoms with Crippen molar-refractivity contribution in [3.8, 4) is 0 Å². The van der Waals surface area contributed by atoms with Crippen molar-refractivity contribution in [2.45, 2.75) is 0 Å². The highest BCUT2D eigenvalue weighted by Gasteiger charge is 2.16. The molecule has 0 saturated heterocycles. The van der Waals surface area contributed by atoms with E-state index >= 15 is 0 Å². The fourth-order valence-electron chi connectivity index (χ4n) is 1.10. The first kappa shape index (κ1) is 16.7. The fraction of sp³-hybridized carbons (Fsp3) is 0.0909. The quantitative estimate of drug-likeness (QED) is 0.191. The Labute approximate surface area is 128 Å². The third-order valence-electron chi connectivity index (χ3n) is 1.91. The van der Waals surface area contributed by atoms with Crippen LogP contribution < -0.4 is 11.1 Å². The van der Waals surface area contributed by atoms with Gasteiger partial charge in [-0.05, 0) is 5.41 Å². The largest absolute Gasteiger partial charge is 0.478 e. The summed E-state index contributed by atoms with van der Waals surface area (Å²) in [5.41, 5.74) is 5.37. The number of carboxylic acid groups (broad SMARTS) is 1. The first-order valence-corrected chi connectivity index (χ1v) is 7.37. The Morgan fingerprint density at radius 1 is 1.57 bits per heavy atom. The third-order valence-corrected chi connectivity index (χ3v) is 3.30. The van der Waals surface area contributed by atoms with Crippen LogP contribution in [0, 0.1) is 0 Å². The van der Waals surface area contributed by atoms with Crippen molar-refractivity contribution >= 4 is 45.8 Å². The Hall–Kier alpha value is -2.33. The van der Waals surface area contributed by atoms with Gasteiger partial charge in [0.25, 0.3) is 5.91 Å². The molecule has 0 atom stereocenters. The van der Waals surface area contributed by atoms with Gasteiger partial charge in [0, 0.05) is 23.4 Å². The number of carbonyl (C=O) groups is 2. The monoisotopic (exact) mass is 328 g/mol. The number of nitrogens with one attached hydrogen (secondary N) is 1. The van der Waals surface area contributed by atoms with Gasteiger partial charge < -0.3 is 21.4 Å². The predicted octanol–water partition coefficient (Wildman–Crippen LogP) is 0.865. The number of amides is 1. The van der Waals surface area contributed by atoms with Crippen LogP contribution in [0.5, 0.6) is 0 Å². The molecular weight excluding hydrogens is 316 g/mol. The topological polar surface area (TPSA) is 138 Å². The standard InChI is InChI=1S/C11H12N4O4S2/c12-11-14-7(6-21-11)9(15-19)10(18)13-3-5-20-4-1-2-8(16)17/h1-3,5-6,19H,4H2,(H2,12,14)(H,13,18)(H,16,17). The molecule has 112 valence electrons. The minimum absolute atomic E-state index is 0.183. The van der Waals surface area contributed by atoms with Gasteiger partial charge in [0.1, 0.15) is 5.69 Å². The van der Waals surface area contributed by atoms with Crippen LogP contribution in [0.1, 0.15) is 5.69 Å². The Bertz CT molecular complexity index is 595. The van der Waals surface area contributed by atoms with Crippen molar-refractivity contribution in [2.75, 3.05) is 11.5 Å². The van der Waals surface area contributed by atoms with Gasteiger partial charge in [0.15, 0.2) is 10.8 Å². The summed E-state index contributed by atoms with van der Waals surface area (Å²) >= 11 is 2.40. The summed E-state index contributed by atoms with van der Waals surface area (Å²) in [5.74, 6) is -1.21. The lowest BCUT2D eigenvalue weighted by Crippen LogP contribution is -2.28. The zero-order valence-corrected chi connectivity index (χ0v) is 12.2. The number of carbonyl (C=O) groups excluding carboxylic acids is 1. The molecular formula is C11H12N4O4S2. The van der Waals surface area contributed by atoms with Crippen molar-refractivity contribution in [1.82, 2.24) is 10.3 Å². The number of carboxylic acids is 1. The summed E-state index contributed by atoms with van der Waals surface area (Å²) in [6, 6.07) is 0. The molecule has 1 heterocycles. The van der Waals surface area contributed by atoms with Crippen molar-refractivity contribution in [2.24, 2.45) is 5.16 Å². The number of hydrogen-bond donors (Lipinski definition) is 4. The lowest BCUT2D eigenvalue weighted by Gasteiger charge is -1.99. The summed E-state index contributed by atoms with van der Waals surface area (Å²) in [7, 11) is 0. The maximum Gasteiger partial charge on any atom is 0.328 e. The van der Waals surface area contributed by atoms with E-state index < -0.39 is 11.9 Å². The minimum Gasteiger partial charge on any atom is -0.478 e. The van der Waals surface area contributed by atoms with Gasteiger partial charge in [-0.3, -0.25) is 4.79 Å². The number of aromatic nitrogens is 1. The van der Waals surface area contributed by atoms with Crippen LogP contribution in [-0.4, -0.2) is 38.6 Å². The molecule has 0 bridgehead atoms. The number of thioether (sulfide) groups is 1. The van der Waals surface area contributed by atoms with Gasteiger partial charge >= 0.3 is 5.97 Å². The van der Waals surface area contributed by atoms with E-state index in [4.69, 9.17) is 16.0 Å². The summed E-state index contributed by atoms with van der Waals surface area (Å²) in [5, 5.41) is 25.8. The van der Waals surface area contributed by atoms with E-state index in [1.165, 1.54) is 29.4 Å². The summed E-state index contributed by atoms with van der Waals surface area (Å²) in [4.78, 5) is 25.8. The van der Waals surface area contributed by atoms with Crippen LogP contribution in [0.15, 0.2) is 34.3 Å². The fourth-order valence-corrected chi connectivity index (χ4v) is 2.13. The Morgan fingerprint density at radius 3 is 2.90 bits per heavy atom.